The maximum atomic E-state index is 13.2. The summed E-state index contributed by atoms with van der Waals surface area (Å²) in [7, 11) is 0. The summed E-state index contributed by atoms with van der Waals surface area (Å²) in [4.78, 5) is 17.4. The molecule has 32 heavy (non-hydrogen) atoms. The van der Waals surface area contributed by atoms with E-state index >= 15 is 0 Å². The molecule has 0 aliphatic carbocycles. The summed E-state index contributed by atoms with van der Waals surface area (Å²) < 4.78 is 5.97. The van der Waals surface area contributed by atoms with Crippen molar-refractivity contribution in [3.63, 3.8) is 0 Å². The SMILES string of the molecule is CCC(C)(Oc1ccccn1)C(=O)NCC(c1ccc(Cl)cc1)C(C)c1ccc(Cl)cc1. The third kappa shape index (κ3) is 6.02. The molecule has 0 aliphatic rings. The molecule has 0 saturated heterocycles. The topological polar surface area (TPSA) is 51.2 Å². The molecule has 0 bridgehead atoms. The molecule has 4 nitrogen and oxygen atoms in total. The lowest BCUT2D eigenvalue weighted by Crippen LogP contribution is -2.49. The summed E-state index contributed by atoms with van der Waals surface area (Å²) in [5.41, 5.74) is 1.22. The number of pyridine rings is 1. The number of aromatic nitrogens is 1. The van der Waals surface area contributed by atoms with Crippen molar-refractivity contribution in [3.05, 3.63) is 94.1 Å². The minimum atomic E-state index is -1.03. The lowest BCUT2D eigenvalue weighted by molar-refractivity contribution is -0.136. The van der Waals surface area contributed by atoms with Gasteiger partial charge >= 0.3 is 0 Å². The van der Waals surface area contributed by atoms with Gasteiger partial charge in [-0.3, -0.25) is 4.79 Å². The summed E-state index contributed by atoms with van der Waals surface area (Å²) in [6.07, 6.45) is 2.15. The van der Waals surface area contributed by atoms with E-state index in [2.05, 4.69) is 17.2 Å². The van der Waals surface area contributed by atoms with Crippen molar-refractivity contribution in [1.29, 1.82) is 0 Å². The van der Waals surface area contributed by atoms with Crippen LogP contribution in [0.15, 0.2) is 72.9 Å². The number of nitrogens with one attached hydrogen (secondary N) is 1. The van der Waals surface area contributed by atoms with Gasteiger partial charge in [-0.1, -0.05) is 67.4 Å². The normalized spacial score (nSPS) is 14.8. The Morgan fingerprint density at radius 1 is 1.00 bits per heavy atom. The molecule has 1 amide bonds. The predicted molar refractivity (Wildman–Crippen MR) is 131 cm³/mol. The Kier molecular flexibility index (Phi) is 8.16. The lowest BCUT2D eigenvalue weighted by atomic mass is 9.82. The highest BCUT2D eigenvalue weighted by molar-refractivity contribution is 6.30. The van der Waals surface area contributed by atoms with Gasteiger partial charge in [0.15, 0.2) is 5.60 Å². The van der Waals surface area contributed by atoms with Crippen molar-refractivity contribution >= 4 is 29.1 Å². The van der Waals surface area contributed by atoms with Crippen molar-refractivity contribution in [2.24, 2.45) is 0 Å². The molecule has 1 heterocycles. The van der Waals surface area contributed by atoms with Crippen molar-refractivity contribution < 1.29 is 9.53 Å². The number of carbonyl (C=O) groups is 1. The number of nitrogens with zero attached hydrogens (tertiary/aromatic N) is 1. The Morgan fingerprint density at radius 2 is 1.59 bits per heavy atom. The fourth-order valence-corrected chi connectivity index (χ4v) is 3.85. The Balaban J connectivity index is 1.80. The van der Waals surface area contributed by atoms with E-state index in [1.54, 1.807) is 19.2 Å². The first kappa shape index (κ1) is 24.1. The second-order valence-electron chi connectivity index (χ2n) is 8.06. The van der Waals surface area contributed by atoms with Crippen LogP contribution in [0, 0.1) is 0 Å². The first-order valence-corrected chi connectivity index (χ1v) is 11.5. The van der Waals surface area contributed by atoms with Gasteiger partial charge in [0.1, 0.15) is 0 Å². The van der Waals surface area contributed by atoms with E-state index in [1.807, 2.05) is 67.6 Å². The second-order valence-corrected chi connectivity index (χ2v) is 8.94. The van der Waals surface area contributed by atoms with E-state index in [4.69, 9.17) is 27.9 Å². The summed E-state index contributed by atoms with van der Waals surface area (Å²) in [6, 6.07) is 21.0. The van der Waals surface area contributed by atoms with E-state index in [-0.39, 0.29) is 17.7 Å². The van der Waals surface area contributed by atoms with Gasteiger partial charge in [-0.15, -0.1) is 0 Å². The summed E-state index contributed by atoms with van der Waals surface area (Å²) in [6.45, 7) is 6.32. The molecular formula is C26H28Cl2N2O2. The van der Waals surface area contributed by atoms with Gasteiger partial charge in [-0.05, 0) is 60.7 Å². The number of benzene rings is 2. The minimum absolute atomic E-state index is 0.0355. The van der Waals surface area contributed by atoms with Crippen LogP contribution in [0.3, 0.4) is 0 Å². The minimum Gasteiger partial charge on any atom is -0.461 e. The summed E-state index contributed by atoms with van der Waals surface area (Å²) >= 11 is 12.2. The van der Waals surface area contributed by atoms with Gasteiger partial charge in [0.25, 0.3) is 5.91 Å². The zero-order chi connectivity index (χ0) is 23.1. The number of halogens is 2. The van der Waals surface area contributed by atoms with E-state index in [0.29, 0.717) is 28.9 Å². The van der Waals surface area contributed by atoms with Gasteiger partial charge in [0.05, 0.1) is 0 Å². The van der Waals surface area contributed by atoms with Crippen LogP contribution in [0.25, 0.3) is 0 Å². The average molecular weight is 471 g/mol. The number of hydrogen-bond donors (Lipinski definition) is 1. The van der Waals surface area contributed by atoms with Crippen molar-refractivity contribution in [2.45, 2.75) is 44.6 Å². The number of ether oxygens (including phenoxy) is 1. The molecule has 3 unspecified atom stereocenters. The van der Waals surface area contributed by atoms with Gasteiger partial charge < -0.3 is 10.1 Å². The maximum Gasteiger partial charge on any atom is 0.263 e. The van der Waals surface area contributed by atoms with Crippen LogP contribution in [0.5, 0.6) is 5.88 Å². The van der Waals surface area contributed by atoms with E-state index < -0.39 is 5.60 Å². The standard InChI is InChI=1S/C26H28Cl2N2O2/c1-4-26(3,32-24-7-5-6-16-29-24)25(31)30-17-23(20-10-14-22(28)15-11-20)18(2)19-8-12-21(27)13-9-19/h5-16,18,23H,4,17H2,1-3H3,(H,30,31). The summed E-state index contributed by atoms with van der Waals surface area (Å²) in [5, 5.41) is 4.49. The van der Waals surface area contributed by atoms with E-state index in [9.17, 15) is 4.79 Å². The number of amides is 1. The van der Waals surface area contributed by atoms with Crippen molar-refractivity contribution in [2.75, 3.05) is 6.54 Å². The molecule has 1 N–H and O–H groups in total. The van der Waals surface area contributed by atoms with Crippen LogP contribution < -0.4 is 10.1 Å². The molecule has 2 aromatic carbocycles. The van der Waals surface area contributed by atoms with Gasteiger partial charge in [0, 0.05) is 34.8 Å². The number of rotatable bonds is 9. The smallest absolute Gasteiger partial charge is 0.263 e. The Labute approximate surface area is 199 Å². The Bertz CT molecular complexity index is 1010. The summed E-state index contributed by atoms with van der Waals surface area (Å²) in [5.74, 6) is 0.426. The highest BCUT2D eigenvalue weighted by atomic mass is 35.5. The Morgan fingerprint density at radius 3 is 2.12 bits per heavy atom. The number of carbonyl (C=O) groups excluding carboxylic acids is 1. The van der Waals surface area contributed by atoms with Crippen LogP contribution in [0.1, 0.15) is 50.2 Å². The molecule has 0 fully saturated rings. The van der Waals surface area contributed by atoms with Gasteiger partial charge in [0.2, 0.25) is 5.88 Å². The lowest BCUT2D eigenvalue weighted by Gasteiger charge is -2.30. The van der Waals surface area contributed by atoms with Crippen molar-refractivity contribution in [1.82, 2.24) is 10.3 Å². The van der Waals surface area contributed by atoms with Crippen LogP contribution >= 0.6 is 23.2 Å². The molecule has 6 heteroatoms. The first-order valence-electron chi connectivity index (χ1n) is 10.7. The molecule has 3 atom stereocenters. The third-order valence-electron chi connectivity index (χ3n) is 5.90. The second kappa shape index (κ2) is 10.8. The quantitative estimate of drug-likeness (QED) is 0.381. The van der Waals surface area contributed by atoms with Crippen LogP contribution in [-0.4, -0.2) is 23.0 Å². The van der Waals surface area contributed by atoms with Crippen LogP contribution in [0.2, 0.25) is 10.0 Å². The first-order chi connectivity index (χ1) is 15.3. The highest BCUT2D eigenvalue weighted by Gasteiger charge is 2.35. The molecule has 3 aromatic rings. The maximum absolute atomic E-state index is 13.2. The molecule has 0 spiro atoms. The molecular weight excluding hydrogens is 443 g/mol. The third-order valence-corrected chi connectivity index (χ3v) is 6.41. The molecule has 0 radical (unpaired) electrons. The fraction of sp³-hybridized carbons (Fsp3) is 0.308. The number of hydrogen-bond acceptors (Lipinski definition) is 3. The zero-order valence-corrected chi connectivity index (χ0v) is 20.0. The van der Waals surface area contributed by atoms with Crippen molar-refractivity contribution in [3.8, 4) is 5.88 Å². The molecule has 3 rings (SSSR count). The van der Waals surface area contributed by atoms with E-state index in [1.165, 1.54) is 0 Å². The molecule has 1 aromatic heterocycles. The highest BCUT2D eigenvalue weighted by Crippen LogP contribution is 2.34. The van der Waals surface area contributed by atoms with E-state index in [0.717, 1.165) is 11.1 Å². The van der Waals surface area contributed by atoms with Gasteiger partial charge in [-0.2, -0.15) is 0 Å². The van der Waals surface area contributed by atoms with Gasteiger partial charge in [-0.25, -0.2) is 4.98 Å². The zero-order valence-electron chi connectivity index (χ0n) is 18.5. The molecule has 0 aliphatic heterocycles. The largest absolute Gasteiger partial charge is 0.461 e. The molecule has 0 saturated carbocycles. The van der Waals surface area contributed by atoms with Crippen LogP contribution in [-0.2, 0) is 4.79 Å². The van der Waals surface area contributed by atoms with Crippen LogP contribution in [0.4, 0.5) is 0 Å². The monoisotopic (exact) mass is 470 g/mol. The predicted octanol–water partition coefficient (Wildman–Crippen LogP) is 6.64. The fourth-order valence-electron chi connectivity index (χ4n) is 3.60. The Hall–Kier alpha value is -2.56. The molecule has 168 valence electrons. The average Bonchev–Trinajstić information content (AvgIpc) is 2.81.